The molecule has 9 nitrogen and oxygen atoms in total. The van der Waals surface area contributed by atoms with Crippen LogP contribution in [0.3, 0.4) is 0 Å². The minimum atomic E-state index is -0.765. The van der Waals surface area contributed by atoms with Gasteiger partial charge in [-0.05, 0) is 124 Å². The number of benzene rings is 2. The molecule has 6 aliphatic rings. The molecule has 3 aliphatic carbocycles. The van der Waals surface area contributed by atoms with Gasteiger partial charge in [0, 0.05) is 0 Å². The van der Waals surface area contributed by atoms with Gasteiger partial charge in [0.05, 0.1) is 24.9 Å². The van der Waals surface area contributed by atoms with Gasteiger partial charge in [-0.3, -0.25) is 0 Å². The Labute approximate surface area is 375 Å². The van der Waals surface area contributed by atoms with E-state index in [1.165, 1.54) is 43.2 Å². The molecular weight excluding hydrogens is 781 g/mol. The average molecular weight is 867 g/mol. The molecule has 4 unspecified atom stereocenters. The minimum Gasteiger partial charge on any atom is -0.393 e. The maximum atomic E-state index is 10.3. The lowest BCUT2D eigenvalue weighted by Crippen LogP contribution is -2.42. The van der Waals surface area contributed by atoms with Crippen LogP contribution in [0.25, 0.3) is 0 Å². The lowest BCUT2D eigenvalue weighted by atomic mass is 9.64. The van der Waals surface area contributed by atoms with E-state index < -0.39 is 36.2 Å². The van der Waals surface area contributed by atoms with Crippen molar-refractivity contribution in [2.45, 2.75) is 219 Å². The Morgan fingerprint density at radius 2 is 1.10 bits per heavy atom. The van der Waals surface area contributed by atoms with E-state index in [0.29, 0.717) is 36.2 Å². The van der Waals surface area contributed by atoms with Crippen LogP contribution in [-0.2, 0) is 34.5 Å². The third kappa shape index (κ3) is 13.1. The Bertz CT molecular complexity index is 1610. The fourth-order valence-corrected chi connectivity index (χ4v) is 11.2. The summed E-state index contributed by atoms with van der Waals surface area (Å²) in [6, 6.07) is 21.2. The van der Waals surface area contributed by atoms with E-state index in [0.717, 1.165) is 38.0 Å². The summed E-state index contributed by atoms with van der Waals surface area (Å²) in [5.41, 5.74) is 2.85. The molecule has 4 N–H and O–H groups in total. The number of ether oxygens (including phenoxy) is 5. The molecule has 0 spiro atoms. The Hall–Kier alpha value is -1.92. The zero-order valence-electron chi connectivity index (χ0n) is 40.5. The second-order valence-electron chi connectivity index (χ2n) is 22.0. The van der Waals surface area contributed by atoms with Crippen molar-refractivity contribution < 1.29 is 44.1 Å². The van der Waals surface area contributed by atoms with Gasteiger partial charge in [0.15, 0.2) is 17.9 Å². The summed E-state index contributed by atoms with van der Waals surface area (Å²) in [4.78, 5) is 0. The predicted octanol–water partition coefficient (Wildman–Crippen LogP) is 10.1. The number of rotatable bonds is 6. The van der Waals surface area contributed by atoms with Crippen LogP contribution in [0.15, 0.2) is 60.7 Å². The van der Waals surface area contributed by atoms with Crippen molar-refractivity contribution in [2.24, 2.45) is 35.5 Å². The van der Waals surface area contributed by atoms with Crippen LogP contribution in [-0.4, -0.2) is 87.6 Å². The van der Waals surface area contributed by atoms with Crippen molar-refractivity contribution in [3.63, 3.8) is 0 Å². The second kappa shape index (κ2) is 21.6. The first-order chi connectivity index (χ1) is 29.0. The lowest BCUT2D eigenvalue weighted by Gasteiger charge is -2.42. The quantitative estimate of drug-likeness (QED) is 0.225. The van der Waals surface area contributed by atoms with E-state index in [9.17, 15) is 20.4 Å². The summed E-state index contributed by atoms with van der Waals surface area (Å²) >= 11 is 0. The van der Waals surface area contributed by atoms with Crippen molar-refractivity contribution in [3.8, 4) is 0 Å². The van der Waals surface area contributed by atoms with Gasteiger partial charge in [-0.25, -0.2) is 0 Å². The summed E-state index contributed by atoms with van der Waals surface area (Å²) in [5, 5.41) is 40.5. The van der Waals surface area contributed by atoms with E-state index >= 15 is 0 Å². The molecule has 62 heavy (non-hydrogen) atoms. The zero-order chi connectivity index (χ0) is 45.6. The predicted molar refractivity (Wildman–Crippen MR) is 246 cm³/mol. The monoisotopic (exact) mass is 867 g/mol. The molecular formula is C53H86O9. The standard InChI is InChI=1S/C16H24O.C15H22O.C12H20O6.C10H20O/c1-12-9-10-14(15(17)11-12)16(2,3)13-7-5-4-6-8-13;1-15(2,12-8-4-3-5-9-12)13-10-6-7-11-14(13)16;1-11(2)14-5-6(16-11)8-7(13)9-10(15-8)18-12(3,4)17-9;1-7(2)9-5-4-8(3)6-10(9)11/h4-8,12,14-15,17H,9-11H2,1-3H3;3-5,8-9,13-14,16H,6-7,10-11H2,1-2H3;6-10,13H,5H2,1-4H3;7-11H,4-6H2,1-3H3/t12-,14?,15-;13-,14-;6-,7-,8?,9?,10?;8-,9+,10-/m0000/s1. The molecule has 3 saturated carbocycles. The Kier molecular flexibility index (Phi) is 17.8. The van der Waals surface area contributed by atoms with Crippen LogP contribution >= 0.6 is 0 Å². The average Bonchev–Trinajstić information content (AvgIpc) is 3.83. The number of aliphatic hydroxyl groups is 4. The first-order valence-electron chi connectivity index (χ1n) is 24.2. The van der Waals surface area contributed by atoms with E-state index in [-0.39, 0.29) is 35.2 Å². The Morgan fingerprint density at radius 3 is 1.56 bits per heavy atom. The molecule has 3 saturated heterocycles. The van der Waals surface area contributed by atoms with E-state index in [2.05, 4.69) is 116 Å². The zero-order valence-corrected chi connectivity index (χ0v) is 40.5. The van der Waals surface area contributed by atoms with Gasteiger partial charge in [0.2, 0.25) is 0 Å². The van der Waals surface area contributed by atoms with Gasteiger partial charge in [-0.2, -0.15) is 0 Å². The minimum absolute atomic E-state index is 0.0289. The second-order valence-corrected chi connectivity index (χ2v) is 22.0. The first-order valence-corrected chi connectivity index (χ1v) is 24.2. The van der Waals surface area contributed by atoms with Gasteiger partial charge < -0.3 is 44.1 Å². The van der Waals surface area contributed by atoms with Gasteiger partial charge in [0.25, 0.3) is 0 Å². The fraction of sp³-hybridized carbons (Fsp3) is 0.774. The van der Waals surface area contributed by atoms with Crippen LogP contribution in [0.4, 0.5) is 0 Å². The van der Waals surface area contributed by atoms with E-state index in [1.807, 2.05) is 13.8 Å². The van der Waals surface area contributed by atoms with Crippen molar-refractivity contribution in [1.29, 1.82) is 0 Å². The highest BCUT2D eigenvalue weighted by Gasteiger charge is 2.58. The molecule has 3 heterocycles. The lowest BCUT2D eigenvalue weighted by molar-refractivity contribution is -0.232. The highest BCUT2D eigenvalue weighted by Crippen LogP contribution is 2.44. The normalized spacial score (nSPS) is 36.6. The van der Waals surface area contributed by atoms with Crippen molar-refractivity contribution >= 4 is 0 Å². The summed E-state index contributed by atoms with van der Waals surface area (Å²) < 4.78 is 28.1. The highest BCUT2D eigenvalue weighted by molar-refractivity contribution is 5.26. The molecule has 8 rings (SSSR count). The van der Waals surface area contributed by atoms with Crippen LogP contribution in [0.2, 0.25) is 0 Å². The third-order valence-corrected chi connectivity index (χ3v) is 15.1. The van der Waals surface area contributed by atoms with Crippen LogP contribution in [0.5, 0.6) is 0 Å². The number of hydrogen-bond acceptors (Lipinski definition) is 9. The number of fused-ring (bicyclic) bond motifs is 1. The van der Waals surface area contributed by atoms with Crippen molar-refractivity contribution in [2.75, 3.05) is 6.61 Å². The SMILES string of the molecule is CC(C)(c1ccccc1)[C@H]1CCCC[C@@H]1O.CC(C)[C@H]1CC[C@H](C)C[C@@H]1O.CC1(C)OC2OC([C@@H]3COC(C)(C)O3)[C@H](O)C2O1.C[C@H]1CCC(C(C)(C)c2ccccc2)[C@@H](O)C1. The molecule has 2 aromatic rings. The van der Waals surface area contributed by atoms with Crippen LogP contribution < -0.4 is 0 Å². The maximum Gasteiger partial charge on any atom is 0.190 e. The third-order valence-electron chi connectivity index (χ3n) is 15.1. The molecule has 0 aromatic heterocycles. The van der Waals surface area contributed by atoms with E-state index in [4.69, 9.17) is 23.7 Å². The number of hydrogen-bond donors (Lipinski definition) is 4. The summed E-state index contributed by atoms with van der Waals surface area (Å²) in [6.45, 7) is 25.7. The molecule has 3 aliphatic heterocycles. The van der Waals surface area contributed by atoms with Gasteiger partial charge in [-0.15, -0.1) is 0 Å². The molecule has 0 bridgehead atoms. The molecule has 0 amide bonds. The van der Waals surface area contributed by atoms with Gasteiger partial charge in [-0.1, -0.05) is 142 Å². The molecule has 2 aromatic carbocycles. The van der Waals surface area contributed by atoms with Crippen molar-refractivity contribution in [1.82, 2.24) is 0 Å². The molecule has 6 fully saturated rings. The first kappa shape index (κ1) is 51.1. The molecule has 0 radical (unpaired) electrons. The summed E-state index contributed by atoms with van der Waals surface area (Å²) in [6.07, 6.45) is 8.64. The van der Waals surface area contributed by atoms with Gasteiger partial charge >= 0.3 is 0 Å². The smallest absolute Gasteiger partial charge is 0.190 e. The van der Waals surface area contributed by atoms with Gasteiger partial charge in [0.1, 0.15) is 24.4 Å². The molecule has 13 atom stereocenters. The van der Waals surface area contributed by atoms with Crippen LogP contribution in [0, 0.1) is 35.5 Å². The maximum absolute atomic E-state index is 10.3. The molecule has 352 valence electrons. The van der Waals surface area contributed by atoms with Crippen molar-refractivity contribution in [3.05, 3.63) is 71.8 Å². The number of aliphatic hydroxyl groups excluding tert-OH is 4. The van der Waals surface area contributed by atoms with Crippen LogP contribution in [0.1, 0.15) is 158 Å². The molecule has 9 heteroatoms. The largest absolute Gasteiger partial charge is 0.393 e. The summed E-state index contributed by atoms with van der Waals surface area (Å²) in [5.74, 6) is 2.07. The Morgan fingerprint density at radius 1 is 0.581 bits per heavy atom. The highest BCUT2D eigenvalue weighted by atomic mass is 16.8. The fourth-order valence-electron chi connectivity index (χ4n) is 11.2. The van der Waals surface area contributed by atoms with E-state index in [1.54, 1.807) is 13.8 Å². The Balaban J connectivity index is 0.000000158. The topological polar surface area (TPSA) is 127 Å². The summed E-state index contributed by atoms with van der Waals surface area (Å²) in [7, 11) is 0.